The van der Waals surface area contributed by atoms with Gasteiger partial charge in [0.25, 0.3) is 0 Å². The smallest absolute Gasteiger partial charge is 0.328 e. The predicted octanol–water partition coefficient (Wildman–Crippen LogP) is 0.838. The highest BCUT2D eigenvalue weighted by atomic mass is 79.9. The van der Waals surface area contributed by atoms with Crippen molar-refractivity contribution in [2.75, 3.05) is 7.11 Å². The minimum Gasteiger partial charge on any atom is -0.467 e. The molecule has 0 aliphatic heterocycles. The van der Waals surface area contributed by atoms with E-state index >= 15 is 0 Å². The lowest BCUT2D eigenvalue weighted by Gasteiger charge is -2.18. The van der Waals surface area contributed by atoms with Crippen LogP contribution in [0.25, 0.3) is 0 Å². The maximum absolute atomic E-state index is 11.3. The number of esters is 1. The van der Waals surface area contributed by atoms with Crippen LogP contribution < -0.4 is 5.32 Å². The van der Waals surface area contributed by atoms with Crippen LogP contribution in [-0.4, -0.2) is 29.4 Å². The average molecular weight is 252 g/mol. The van der Waals surface area contributed by atoms with E-state index in [2.05, 4.69) is 26.0 Å². The van der Waals surface area contributed by atoms with Crippen LogP contribution in [0.5, 0.6) is 0 Å². The molecule has 0 aromatic heterocycles. The highest BCUT2D eigenvalue weighted by molar-refractivity contribution is 9.10. The molecule has 5 heteroatoms. The van der Waals surface area contributed by atoms with Crippen molar-refractivity contribution < 1.29 is 14.3 Å². The summed E-state index contributed by atoms with van der Waals surface area (Å²) >= 11 is 3.18. The van der Waals surface area contributed by atoms with Crippen LogP contribution in [0.1, 0.15) is 20.8 Å². The molecule has 76 valence electrons. The van der Waals surface area contributed by atoms with Crippen molar-refractivity contribution in [3.8, 4) is 0 Å². The summed E-state index contributed by atoms with van der Waals surface area (Å²) < 4.78 is 3.79. The molecule has 0 unspecified atom stereocenters. The van der Waals surface area contributed by atoms with Crippen LogP contribution in [0.2, 0.25) is 0 Å². The van der Waals surface area contributed by atoms with Crippen molar-refractivity contribution in [3.63, 3.8) is 0 Å². The second-order valence-corrected chi connectivity index (χ2v) is 5.17. The summed E-state index contributed by atoms with van der Waals surface area (Å²) in [5.74, 6) is -0.699. The molecule has 1 amide bonds. The van der Waals surface area contributed by atoms with E-state index in [9.17, 15) is 9.59 Å². The number of rotatable bonds is 3. The largest absolute Gasteiger partial charge is 0.467 e. The van der Waals surface area contributed by atoms with Gasteiger partial charge in [-0.05, 0) is 20.8 Å². The van der Waals surface area contributed by atoms with Crippen molar-refractivity contribution in [1.29, 1.82) is 0 Å². The van der Waals surface area contributed by atoms with Crippen molar-refractivity contribution in [2.45, 2.75) is 31.1 Å². The van der Waals surface area contributed by atoms with E-state index < -0.39 is 16.3 Å². The Morgan fingerprint density at radius 2 is 1.92 bits per heavy atom. The number of halogens is 1. The molecule has 1 N–H and O–H groups in total. The first-order valence-electron chi connectivity index (χ1n) is 3.86. The van der Waals surface area contributed by atoms with Crippen molar-refractivity contribution >= 4 is 27.8 Å². The number of ether oxygens (including phenoxy) is 1. The quantitative estimate of drug-likeness (QED) is 0.598. The fourth-order valence-corrected chi connectivity index (χ4v) is 0.718. The van der Waals surface area contributed by atoms with E-state index in [0.29, 0.717) is 0 Å². The molecule has 0 rings (SSSR count). The molecule has 0 aromatic carbocycles. The minimum absolute atomic E-state index is 0.245. The van der Waals surface area contributed by atoms with Crippen LogP contribution >= 0.6 is 15.9 Å². The number of hydrogen-bond donors (Lipinski definition) is 1. The highest BCUT2D eigenvalue weighted by Crippen LogP contribution is 2.15. The lowest BCUT2D eigenvalue weighted by molar-refractivity contribution is -0.144. The molecule has 0 spiro atoms. The molecule has 0 saturated carbocycles. The van der Waals surface area contributed by atoms with Gasteiger partial charge in [0.2, 0.25) is 5.91 Å². The SMILES string of the molecule is COC(=O)[C@H](C)NC(=O)C(C)(C)Br. The number of nitrogens with one attached hydrogen (secondary N) is 1. The highest BCUT2D eigenvalue weighted by Gasteiger charge is 2.26. The zero-order chi connectivity index (χ0) is 10.6. The summed E-state index contributed by atoms with van der Waals surface area (Å²) in [4.78, 5) is 22.3. The molecule has 0 bridgehead atoms. The Balaban J connectivity index is 4.15. The van der Waals surface area contributed by atoms with E-state index in [4.69, 9.17) is 0 Å². The first-order valence-corrected chi connectivity index (χ1v) is 4.66. The van der Waals surface area contributed by atoms with Gasteiger partial charge in [-0.25, -0.2) is 4.79 Å². The van der Waals surface area contributed by atoms with Crippen LogP contribution in [0.15, 0.2) is 0 Å². The molecular formula is C8H14BrNO3. The number of amides is 1. The van der Waals surface area contributed by atoms with Gasteiger partial charge in [0.1, 0.15) is 6.04 Å². The maximum atomic E-state index is 11.3. The van der Waals surface area contributed by atoms with Gasteiger partial charge in [-0.15, -0.1) is 0 Å². The van der Waals surface area contributed by atoms with Crippen molar-refractivity contribution in [1.82, 2.24) is 5.32 Å². The Labute approximate surface area is 86.1 Å². The van der Waals surface area contributed by atoms with E-state index in [-0.39, 0.29) is 5.91 Å². The Bertz CT molecular complexity index is 210. The zero-order valence-corrected chi connectivity index (χ0v) is 9.77. The molecule has 0 fully saturated rings. The van der Waals surface area contributed by atoms with Gasteiger partial charge in [-0.2, -0.15) is 0 Å². The Kier molecular flexibility index (Phi) is 4.39. The van der Waals surface area contributed by atoms with Gasteiger partial charge >= 0.3 is 5.97 Å². The molecule has 13 heavy (non-hydrogen) atoms. The predicted molar refractivity (Wildman–Crippen MR) is 52.6 cm³/mol. The summed E-state index contributed by atoms with van der Waals surface area (Å²) in [6.45, 7) is 4.97. The molecule has 1 atom stereocenters. The third-order valence-corrected chi connectivity index (χ3v) is 1.80. The van der Waals surface area contributed by atoms with Gasteiger partial charge in [0, 0.05) is 0 Å². The second kappa shape index (κ2) is 4.60. The first-order chi connectivity index (χ1) is 5.79. The van der Waals surface area contributed by atoms with Crippen molar-refractivity contribution in [3.05, 3.63) is 0 Å². The van der Waals surface area contributed by atoms with Gasteiger partial charge in [0.05, 0.1) is 11.4 Å². The van der Waals surface area contributed by atoms with Gasteiger partial charge in [-0.1, -0.05) is 15.9 Å². The summed E-state index contributed by atoms with van der Waals surface area (Å²) in [5.41, 5.74) is 0. The van der Waals surface area contributed by atoms with Crippen LogP contribution in [-0.2, 0) is 14.3 Å². The van der Waals surface area contributed by atoms with E-state index in [1.165, 1.54) is 7.11 Å². The molecule has 4 nitrogen and oxygen atoms in total. The number of alkyl halides is 1. The summed E-state index contributed by atoms with van der Waals surface area (Å²) in [6.07, 6.45) is 0. The lowest BCUT2D eigenvalue weighted by atomic mass is 10.2. The zero-order valence-electron chi connectivity index (χ0n) is 8.18. The molecule has 0 saturated heterocycles. The summed E-state index contributed by atoms with van der Waals surface area (Å²) in [6, 6.07) is -0.616. The Hall–Kier alpha value is -0.580. The van der Waals surface area contributed by atoms with Crippen LogP contribution in [0.3, 0.4) is 0 Å². The van der Waals surface area contributed by atoms with Crippen molar-refractivity contribution in [2.24, 2.45) is 0 Å². The topological polar surface area (TPSA) is 55.4 Å². The number of carbonyl (C=O) groups excluding carboxylic acids is 2. The molecule has 0 aromatic rings. The Morgan fingerprint density at radius 3 is 2.23 bits per heavy atom. The lowest BCUT2D eigenvalue weighted by Crippen LogP contribution is -2.46. The van der Waals surface area contributed by atoms with E-state index in [1.54, 1.807) is 20.8 Å². The summed E-state index contributed by atoms with van der Waals surface area (Å²) in [7, 11) is 1.28. The standard InChI is InChI=1S/C8H14BrNO3/c1-5(6(11)13-4)10-7(12)8(2,3)9/h5H,1-4H3,(H,10,12)/t5-/m0/s1. The number of methoxy groups -OCH3 is 1. The molecular weight excluding hydrogens is 238 g/mol. The first kappa shape index (κ1) is 12.4. The molecule has 0 aliphatic rings. The molecule has 0 aliphatic carbocycles. The fourth-order valence-electron chi connectivity index (χ4n) is 0.604. The maximum Gasteiger partial charge on any atom is 0.328 e. The average Bonchev–Trinajstić information content (AvgIpc) is 2.01. The molecule has 0 heterocycles. The van der Waals surface area contributed by atoms with E-state index in [1.807, 2.05) is 0 Å². The number of hydrogen-bond acceptors (Lipinski definition) is 3. The fraction of sp³-hybridized carbons (Fsp3) is 0.750. The third-order valence-electron chi connectivity index (χ3n) is 1.44. The normalized spacial score (nSPS) is 13.3. The third kappa shape index (κ3) is 4.26. The van der Waals surface area contributed by atoms with Gasteiger partial charge in [-0.3, -0.25) is 4.79 Å². The summed E-state index contributed by atoms with van der Waals surface area (Å²) in [5, 5.41) is 2.51. The second-order valence-electron chi connectivity index (χ2n) is 3.19. The van der Waals surface area contributed by atoms with E-state index in [0.717, 1.165) is 0 Å². The minimum atomic E-state index is -0.671. The Morgan fingerprint density at radius 1 is 1.46 bits per heavy atom. The monoisotopic (exact) mass is 251 g/mol. The molecule has 0 radical (unpaired) electrons. The van der Waals surface area contributed by atoms with Gasteiger partial charge < -0.3 is 10.1 Å². The number of carbonyl (C=O) groups is 2. The van der Waals surface area contributed by atoms with Crippen LogP contribution in [0.4, 0.5) is 0 Å². The van der Waals surface area contributed by atoms with Gasteiger partial charge in [0.15, 0.2) is 0 Å². The van der Waals surface area contributed by atoms with Crippen LogP contribution in [0, 0.1) is 0 Å².